The number of carbonyl (C=O) groups is 1. The maximum absolute atomic E-state index is 12.8. The van der Waals surface area contributed by atoms with Crippen LogP contribution >= 0.6 is 0 Å². The van der Waals surface area contributed by atoms with E-state index in [0.29, 0.717) is 18.7 Å². The van der Waals surface area contributed by atoms with E-state index in [-0.39, 0.29) is 17.8 Å². The first-order chi connectivity index (χ1) is 9.72. The summed E-state index contributed by atoms with van der Waals surface area (Å²) in [6.45, 7) is 0.692. The van der Waals surface area contributed by atoms with Crippen LogP contribution in [0.4, 0.5) is 10.1 Å². The van der Waals surface area contributed by atoms with Gasteiger partial charge in [0.05, 0.1) is 6.04 Å². The molecule has 1 aliphatic heterocycles. The Hall–Kier alpha value is -2.20. The highest BCUT2D eigenvalue weighted by Gasteiger charge is 2.23. The monoisotopic (exact) mass is 270 g/mol. The summed E-state index contributed by atoms with van der Waals surface area (Å²) < 4.78 is 12.8. The SMILES string of the molecule is O=C(Nc1ccc(F)cc1)C1Cc2ccccc2CN1. The first-order valence-electron chi connectivity index (χ1n) is 6.59. The molecule has 1 atom stereocenters. The Bertz CT molecular complexity index is 625. The Morgan fingerprint density at radius 3 is 2.55 bits per heavy atom. The summed E-state index contributed by atoms with van der Waals surface area (Å²) in [7, 11) is 0. The molecule has 1 amide bonds. The molecule has 3 rings (SSSR count). The summed E-state index contributed by atoms with van der Waals surface area (Å²) in [6, 6.07) is 13.6. The van der Waals surface area contributed by atoms with E-state index < -0.39 is 0 Å². The molecule has 1 aliphatic rings. The van der Waals surface area contributed by atoms with Crippen molar-refractivity contribution in [2.75, 3.05) is 5.32 Å². The highest BCUT2D eigenvalue weighted by Crippen LogP contribution is 2.17. The summed E-state index contributed by atoms with van der Waals surface area (Å²) in [4.78, 5) is 12.2. The second-order valence-electron chi connectivity index (χ2n) is 4.90. The summed E-state index contributed by atoms with van der Waals surface area (Å²) in [5.74, 6) is -0.404. The van der Waals surface area contributed by atoms with Gasteiger partial charge in [-0.1, -0.05) is 24.3 Å². The molecule has 2 aromatic rings. The van der Waals surface area contributed by atoms with Crippen LogP contribution in [0.2, 0.25) is 0 Å². The molecule has 0 saturated carbocycles. The van der Waals surface area contributed by atoms with E-state index >= 15 is 0 Å². The van der Waals surface area contributed by atoms with Crippen molar-refractivity contribution in [1.29, 1.82) is 0 Å². The Balaban J connectivity index is 1.68. The topological polar surface area (TPSA) is 41.1 Å². The summed E-state index contributed by atoms with van der Waals surface area (Å²) in [5, 5.41) is 6.02. The number of halogens is 1. The zero-order valence-electron chi connectivity index (χ0n) is 10.9. The third-order valence-electron chi connectivity index (χ3n) is 3.51. The predicted molar refractivity (Wildman–Crippen MR) is 75.8 cm³/mol. The molecular weight excluding hydrogens is 255 g/mol. The van der Waals surface area contributed by atoms with E-state index in [1.54, 1.807) is 12.1 Å². The van der Waals surface area contributed by atoms with Gasteiger partial charge >= 0.3 is 0 Å². The Labute approximate surface area is 116 Å². The van der Waals surface area contributed by atoms with Crippen molar-refractivity contribution in [3.63, 3.8) is 0 Å². The van der Waals surface area contributed by atoms with E-state index in [4.69, 9.17) is 0 Å². The van der Waals surface area contributed by atoms with Gasteiger partial charge in [-0.3, -0.25) is 4.79 Å². The standard InChI is InChI=1S/C16H15FN2O/c17-13-5-7-14(8-6-13)19-16(20)15-9-11-3-1-2-4-12(11)10-18-15/h1-8,15,18H,9-10H2,(H,19,20). The summed E-state index contributed by atoms with van der Waals surface area (Å²) in [6.07, 6.45) is 0.670. The van der Waals surface area contributed by atoms with Gasteiger partial charge in [-0.2, -0.15) is 0 Å². The number of rotatable bonds is 2. The van der Waals surface area contributed by atoms with Crippen LogP contribution < -0.4 is 10.6 Å². The number of carbonyl (C=O) groups excluding carboxylic acids is 1. The summed E-state index contributed by atoms with van der Waals surface area (Å²) in [5.41, 5.74) is 3.04. The van der Waals surface area contributed by atoms with Crippen LogP contribution in [-0.2, 0) is 17.8 Å². The van der Waals surface area contributed by atoms with Crippen molar-refractivity contribution in [3.8, 4) is 0 Å². The number of benzene rings is 2. The first-order valence-corrected chi connectivity index (χ1v) is 6.59. The average molecular weight is 270 g/mol. The lowest BCUT2D eigenvalue weighted by atomic mass is 9.95. The molecule has 1 heterocycles. The van der Waals surface area contributed by atoms with Crippen molar-refractivity contribution >= 4 is 11.6 Å². The van der Waals surface area contributed by atoms with Crippen molar-refractivity contribution in [2.45, 2.75) is 19.0 Å². The molecule has 2 N–H and O–H groups in total. The van der Waals surface area contributed by atoms with Crippen LogP contribution in [0.25, 0.3) is 0 Å². The van der Waals surface area contributed by atoms with Gasteiger partial charge < -0.3 is 10.6 Å². The normalized spacial score (nSPS) is 17.4. The molecule has 2 aromatic carbocycles. The zero-order chi connectivity index (χ0) is 13.9. The van der Waals surface area contributed by atoms with E-state index in [0.717, 1.165) is 0 Å². The highest BCUT2D eigenvalue weighted by molar-refractivity contribution is 5.95. The number of hydrogen-bond donors (Lipinski definition) is 2. The molecule has 4 heteroatoms. The first kappa shape index (κ1) is 12.8. The highest BCUT2D eigenvalue weighted by atomic mass is 19.1. The molecule has 20 heavy (non-hydrogen) atoms. The number of nitrogens with one attached hydrogen (secondary N) is 2. The fraction of sp³-hybridized carbons (Fsp3) is 0.188. The third kappa shape index (κ3) is 2.70. The molecule has 3 nitrogen and oxygen atoms in total. The van der Waals surface area contributed by atoms with Crippen molar-refractivity contribution in [1.82, 2.24) is 5.32 Å². The van der Waals surface area contributed by atoms with Crippen LogP contribution in [0, 0.1) is 5.82 Å². The predicted octanol–water partition coefficient (Wildman–Crippen LogP) is 2.48. The number of amides is 1. The Morgan fingerprint density at radius 2 is 1.80 bits per heavy atom. The minimum atomic E-state index is -0.312. The number of fused-ring (bicyclic) bond motifs is 1. The lowest BCUT2D eigenvalue weighted by Gasteiger charge is -2.25. The van der Waals surface area contributed by atoms with Gasteiger partial charge in [-0.05, 0) is 41.8 Å². The summed E-state index contributed by atoms with van der Waals surface area (Å²) >= 11 is 0. The molecule has 0 spiro atoms. The quantitative estimate of drug-likeness (QED) is 0.880. The second kappa shape index (κ2) is 5.43. The van der Waals surface area contributed by atoms with Crippen LogP contribution in [0.3, 0.4) is 0 Å². The maximum Gasteiger partial charge on any atom is 0.241 e. The van der Waals surface area contributed by atoms with E-state index in [1.807, 2.05) is 18.2 Å². The molecule has 102 valence electrons. The molecule has 0 aromatic heterocycles. The van der Waals surface area contributed by atoms with Crippen LogP contribution in [0.1, 0.15) is 11.1 Å². The molecule has 0 saturated heterocycles. The maximum atomic E-state index is 12.8. The van der Waals surface area contributed by atoms with Gasteiger partial charge in [-0.15, -0.1) is 0 Å². The smallest absolute Gasteiger partial charge is 0.241 e. The molecule has 0 radical (unpaired) electrons. The Morgan fingerprint density at radius 1 is 1.10 bits per heavy atom. The van der Waals surface area contributed by atoms with Crippen LogP contribution in [0.5, 0.6) is 0 Å². The molecule has 0 aliphatic carbocycles. The number of hydrogen-bond acceptors (Lipinski definition) is 2. The van der Waals surface area contributed by atoms with Gasteiger partial charge in [0, 0.05) is 12.2 Å². The molecule has 1 unspecified atom stereocenters. The van der Waals surface area contributed by atoms with Crippen LogP contribution in [-0.4, -0.2) is 11.9 Å². The molecule has 0 fully saturated rings. The fourth-order valence-electron chi connectivity index (χ4n) is 2.40. The minimum Gasteiger partial charge on any atom is -0.325 e. The minimum absolute atomic E-state index is 0.0916. The van der Waals surface area contributed by atoms with Crippen molar-refractivity contribution in [3.05, 3.63) is 65.5 Å². The second-order valence-corrected chi connectivity index (χ2v) is 4.90. The van der Waals surface area contributed by atoms with Gasteiger partial charge in [0.25, 0.3) is 0 Å². The van der Waals surface area contributed by atoms with Gasteiger partial charge in [-0.25, -0.2) is 4.39 Å². The molecule has 0 bridgehead atoms. The van der Waals surface area contributed by atoms with E-state index in [1.165, 1.54) is 23.3 Å². The van der Waals surface area contributed by atoms with Crippen LogP contribution in [0.15, 0.2) is 48.5 Å². The number of anilines is 1. The largest absolute Gasteiger partial charge is 0.325 e. The van der Waals surface area contributed by atoms with E-state index in [9.17, 15) is 9.18 Å². The average Bonchev–Trinajstić information content (AvgIpc) is 2.49. The lowest BCUT2D eigenvalue weighted by Crippen LogP contribution is -2.44. The lowest BCUT2D eigenvalue weighted by molar-refractivity contribution is -0.118. The van der Waals surface area contributed by atoms with Crippen molar-refractivity contribution in [2.24, 2.45) is 0 Å². The van der Waals surface area contributed by atoms with Gasteiger partial charge in [0.2, 0.25) is 5.91 Å². The van der Waals surface area contributed by atoms with Gasteiger partial charge in [0.1, 0.15) is 5.82 Å². The molecular formula is C16H15FN2O. The van der Waals surface area contributed by atoms with Gasteiger partial charge in [0.15, 0.2) is 0 Å². The van der Waals surface area contributed by atoms with Crippen molar-refractivity contribution < 1.29 is 9.18 Å². The fourth-order valence-corrected chi connectivity index (χ4v) is 2.40. The van der Waals surface area contributed by atoms with E-state index in [2.05, 4.69) is 16.7 Å². The Kier molecular flexibility index (Phi) is 3.48. The zero-order valence-corrected chi connectivity index (χ0v) is 10.9. The third-order valence-corrected chi connectivity index (χ3v) is 3.51.